The Morgan fingerprint density at radius 2 is 0.836 bits per heavy atom. The van der Waals surface area contributed by atoms with Crippen LogP contribution in [0.2, 0.25) is 0 Å². The van der Waals surface area contributed by atoms with Gasteiger partial charge in [-0.25, -0.2) is 0 Å². The normalized spacial score (nSPS) is 44.9. The van der Waals surface area contributed by atoms with Gasteiger partial charge in [-0.3, -0.25) is 5.32 Å². The van der Waals surface area contributed by atoms with Crippen LogP contribution < -0.4 is 16.0 Å². The number of allylic oxidation sites excluding steroid dienone is 2. The maximum absolute atomic E-state index is 11.2. The van der Waals surface area contributed by atoms with Crippen LogP contribution in [0.1, 0.15) is 64.2 Å². The summed E-state index contributed by atoms with van der Waals surface area (Å²) in [7, 11) is 0. The number of nitrogens with one attached hydrogen (secondary N) is 3. The van der Waals surface area contributed by atoms with E-state index in [4.69, 9.17) is 37.9 Å². The van der Waals surface area contributed by atoms with Gasteiger partial charge in [0.1, 0.15) is 61.0 Å². The average molecular weight is 880 g/mol. The van der Waals surface area contributed by atoms with Gasteiger partial charge in [-0.05, 0) is 51.4 Å². The molecule has 12 rings (SSSR count). The largest absolute Gasteiger partial charge is 0.394 e. The van der Waals surface area contributed by atoms with E-state index in [-0.39, 0.29) is 13.2 Å². The molecule has 21 nitrogen and oxygen atoms in total. The Morgan fingerprint density at radius 1 is 0.459 bits per heavy atom. The standard InChI is InChI=1S/C40H69N3O18/c1-19(9-11-23-21-7-3-5-13-54-37-33(52)29(48)35(25(15-44)58-37)60-39(56-23)31(50)27(21)46)42-17-41-18-43-20(2)10-12-24-22-8-4-6-14-55-38-34(53)30(49)36(26(16-45)59-38)61-40(57-24)32(51)28(22)47/h21-53H,1-18H2/t21?,22?,23?,24?,25?,26?,27-,28-,29+,30+,31?,32?,33?,34?,35?,36?,37-,38-,39+,40+/m0/s1. The van der Waals surface area contributed by atoms with Crippen LogP contribution in [0.15, 0.2) is 24.6 Å². The quantitative estimate of drug-likeness (QED) is 0.0593. The highest BCUT2D eigenvalue weighted by Gasteiger charge is 2.53. The average Bonchev–Trinajstić information content (AvgIpc) is 3.25. The van der Waals surface area contributed by atoms with Crippen molar-refractivity contribution < 1.29 is 89.0 Å². The van der Waals surface area contributed by atoms with Crippen molar-refractivity contribution in [2.24, 2.45) is 11.8 Å². The number of hydrogen-bond donors (Lipinski definition) is 13. The van der Waals surface area contributed by atoms with E-state index < -0.39 is 136 Å². The van der Waals surface area contributed by atoms with Crippen LogP contribution in [0, 0.1) is 11.8 Å². The lowest BCUT2D eigenvalue weighted by molar-refractivity contribution is -0.356. The van der Waals surface area contributed by atoms with Gasteiger partial charge in [0.15, 0.2) is 25.2 Å². The van der Waals surface area contributed by atoms with Crippen LogP contribution >= 0.6 is 0 Å². The summed E-state index contributed by atoms with van der Waals surface area (Å²) in [5.41, 5.74) is 1.37. The third-order valence-corrected chi connectivity index (χ3v) is 12.7. The van der Waals surface area contributed by atoms with E-state index in [0.717, 1.165) is 0 Å². The molecule has 0 amide bonds. The zero-order chi connectivity index (χ0) is 43.8. The molecule has 0 radical (unpaired) electrons. The molecule has 0 aromatic rings. The molecule has 0 aromatic heterocycles. The van der Waals surface area contributed by atoms with E-state index in [9.17, 15) is 51.1 Å². The van der Waals surface area contributed by atoms with Crippen molar-refractivity contribution in [3.63, 3.8) is 0 Å². The molecule has 0 aliphatic carbocycles. The molecule has 20 atom stereocenters. The molecular weight excluding hydrogens is 810 g/mol. The monoisotopic (exact) mass is 879 g/mol. The predicted molar refractivity (Wildman–Crippen MR) is 209 cm³/mol. The number of rotatable bonds is 14. The highest BCUT2D eigenvalue weighted by atomic mass is 16.7. The second-order valence-corrected chi connectivity index (χ2v) is 17.0. The lowest BCUT2D eigenvalue weighted by Crippen LogP contribution is -2.63. The van der Waals surface area contributed by atoms with Gasteiger partial charge in [0.2, 0.25) is 0 Å². The van der Waals surface area contributed by atoms with Crippen LogP contribution in [0.5, 0.6) is 0 Å². The van der Waals surface area contributed by atoms with E-state index in [1.807, 2.05) is 0 Å². The highest BCUT2D eigenvalue weighted by Crippen LogP contribution is 2.38. The summed E-state index contributed by atoms with van der Waals surface area (Å²) >= 11 is 0. The van der Waals surface area contributed by atoms with Crippen molar-refractivity contribution in [1.29, 1.82) is 0 Å². The smallest absolute Gasteiger partial charge is 0.186 e. The highest BCUT2D eigenvalue weighted by molar-refractivity contribution is 4.99. The predicted octanol–water partition coefficient (Wildman–Crippen LogP) is -3.57. The van der Waals surface area contributed by atoms with Crippen molar-refractivity contribution >= 4 is 0 Å². The Labute approximate surface area is 355 Å². The second-order valence-electron chi connectivity index (χ2n) is 17.0. The molecule has 12 unspecified atom stereocenters. The van der Waals surface area contributed by atoms with Gasteiger partial charge in [0.25, 0.3) is 0 Å². The molecule has 352 valence electrons. The fraction of sp³-hybridized carbons (Fsp3) is 0.900. The van der Waals surface area contributed by atoms with Crippen LogP contribution in [-0.2, 0) is 37.9 Å². The summed E-state index contributed by atoms with van der Waals surface area (Å²) in [6.45, 7) is 8.23. The molecule has 0 aromatic carbocycles. The summed E-state index contributed by atoms with van der Waals surface area (Å²) < 4.78 is 46.9. The van der Waals surface area contributed by atoms with Gasteiger partial charge >= 0.3 is 0 Å². The maximum Gasteiger partial charge on any atom is 0.186 e. The lowest BCUT2D eigenvalue weighted by Gasteiger charge is -2.47. The molecule has 12 aliphatic rings. The Morgan fingerprint density at radius 3 is 1.23 bits per heavy atom. The molecule has 12 heterocycles. The van der Waals surface area contributed by atoms with Crippen molar-refractivity contribution in [2.75, 3.05) is 39.8 Å². The van der Waals surface area contributed by atoms with Crippen LogP contribution in [-0.4, -0.2) is 201 Å². The number of aliphatic hydroxyl groups is 10. The summed E-state index contributed by atoms with van der Waals surface area (Å²) in [5.74, 6) is -0.866. The zero-order valence-electron chi connectivity index (χ0n) is 34.5. The maximum atomic E-state index is 11.2. The van der Waals surface area contributed by atoms with Crippen molar-refractivity contribution in [3.05, 3.63) is 24.6 Å². The van der Waals surface area contributed by atoms with Crippen LogP contribution in [0.25, 0.3) is 0 Å². The Balaban J connectivity index is 0.950. The third kappa shape index (κ3) is 12.0. The van der Waals surface area contributed by atoms with E-state index in [1.165, 1.54) is 0 Å². The Hall–Kier alpha value is -1.68. The first-order valence-corrected chi connectivity index (χ1v) is 21.7. The zero-order valence-corrected chi connectivity index (χ0v) is 34.5. The summed E-state index contributed by atoms with van der Waals surface area (Å²) in [6.07, 6.45) is -17.1. The van der Waals surface area contributed by atoms with Gasteiger partial charge in [0.05, 0.1) is 51.0 Å². The summed E-state index contributed by atoms with van der Waals surface area (Å²) in [4.78, 5) is 0. The Bertz CT molecular complexity index is 1270. The molecule has 0 spiro atoms. The van der Waals surface area contributed by atoms with Crippen LogP contribution in [0.4, 0.5) is 0 Å². The van der Waals surface area contributed by atoms with Crippen molar-refractivity contribution in [2.45, 2.75) is 175 Å². The minimum atomic E-state index is -1.52. The minimum Gasteiger partial charge on any atom is -0.394 e. The first-order chi connectivity index (χ1) is 29.3. The number of aliphatic hydroxyl groups excluding tert-OH is 10. The number of hydrogen-bond acceptors (Lipinski definition) is 21. The van der Waals surface area contributed by atoms with E-state index in [2.05, 4.69) is 29.1 Å². The molecule has 21 heteroatoms. The molecule has 0 saturated carbocycles. The van der Waals surface area contributed by atoms with E-state index >= 15 is 0 Å². The van der Waals surface area contributed by atoms with Gasteiger partial charge in [-0.2, -0.15) is 0 Å². The fourth-order valence-electron chi connectivity index (χ4n) is 9.12. The first kappa shape index (κ1) is 48.8. The fourth-order valence-corrected chi connectivity index (χ4v) is 9.12. The minimum absolute atomic E-state index is 0.202. The van der Waals surface area contributed by atoms with Crippen LogP contribution in [0.3, 0.4) is 0 Å². The first-order valence-electron chi connectivity index (χ1n) is 21.7. The summed E-state index contributed by atoms with van der Waals surface area (Å²) in [5, 5.41) is 117. The van der Waals surface area contributed by atoms with Crippen molar-refractivity contribution in [1.82, 2.24) is 16.0 Å². The van der Waals surface area contributed by atoms with Crippen molar-refractivity contribution in [3.8, 4) is 0 Å². The molecule has 61 heavy (non-hydrogen) atoms. The molecule has 13 N–H and O–H groups in total. The molecule has 8 bridgehead atoms. The Kier molecular flexibility index (Phi) is 18.4. The lowest BCUT2D eigenvalue weighted by atomic mass is 9.83. The topological polar surface area (TPSA) is 312 Å². The number of ether oxygens (including phenoxy) is 8. The second kappa shape index (κ2) is 23.0. The molecule has 12 saturated heterocycles. The molecule has 12 aliphatic heterocycles. The summed E-state index contributed by atoms with van der Waals surface area (Å²) in [6, 6.07) is 0. The SMILES string of the molecule is C=C(CCC1O[C@@H]2OC3C(CO)O[C@H](OCCCCC1[C@H](O)C2O)C(O)[C@H]3O)NCNCNC(=C)CCC1O[C@@H]2OC3C(CO)O[C@H](OCCCCC1[C@H](O)C2O)C(O)[C@H]3O. The van der Waals surface area contributed by atoms with Gasteiger partial charge in [-0.15, -0.1) is 0 Å². The molecular formula is C40H69N3O18. The van der Waals surface area contributed by atoms with E-state index in [1.54, 1.807) is 0 Å². The molecule has 12 fully saturated rings. The van der Waals surface area contributed by atoms with Gasteiger partial charge < -0.3 is 99.6 Å². The van der Waals surface area contributed by atoms with Gasteiger partial charge in [-0.1, -0.05) is 26.0 Å². The van der Waals surface area contributed by atoms with E-state index in [0.29, 0.717) is 88.9 Å². The third-order valence-electron chi connectivity index (χ3n) is 12.7. The van der Waals surface area contributed by atoms with Gasteiger partial charge in [0, 0.05) is 36.4 Å².